The van der Waals surface area contributed by atoms with Crippen LogP contribution in [0.15, 0.2) is 53.5 Å². The Hall–Kier alpha value is -3.13. The van der Waals surface area contributed by atoms with Crippen LogP contribution in [0.1, 0.15) is 31.2 Å². The van der Waals surface area contributed by atoms with Gasteiger partial charge in [-0.15, -0.1) is 5.10 Å². The predicted molar refractivity (Wildman–Crippen MR) is 119 cm³/mol. The number of piperazine rings is 1. The quantitative estimate of drug-likeness (QED) is 0.704. The van der Waals surface area contributed by atoms with Gasteiger partial charge in [0.05, 0.1) is 6.54 Å². The Labute approximate surface area is 181 Å². The van der Waals surface area contributed by atoms with Crippen LogP contribution in [0, 0.1) is 0 Å². The first kappa shape index (κ1) is 19.8. The lowest BCUT2D eigenvalue weighted by atomic mass is 10.2. The Morgan fingerprint density at radius 3 is 2.61 bits per heavy atom. The molecule has 8 nitrogen and oxygen atoms in total. The molecule has 31 heavy (non-hydrogen) atoms. The Morgan fingerprint density at radius 1 is 1.03 bits per heavy atom. The average Bonchev–Trinajstić information content (AvgIpc) is 3.43. The van der Waals surface area contributed by atoms with Gasteiger partial charge in [-0.2, -0.15) is 0 Å². The highest BCUT2D eigenvalue weighted by Gasteiger charge is 2.27. The number of nitrogens with one attached hydrogen (secondary N) is 1. The second-order valence-electron chi connectivity index (χ2n) is 8.46. The van der Waals surface area contributed by atoms with Crippen LogP contribution in [-0.2, 0) is 6.54 Å². The average molecular weight is 421 g/mol. The van der Waals surface area contributed by atoms with E-state index >= 15 is 0 Å². The van der Waals surface area contributed by atoms with Crippen molar-refractivity contribution < 1.29 is 4.79 Å². The molecule has 3 aromatic rings. The molecule has 0 bridgehead atoms. The molecule has 1 aliphatic heterocycles. The number of anilines is 1. The van der Waals surface area contributed by atoms with Crippen LogP contribution in [0.5, 0.6) is 0 Å². The summed E-state index contributed by atoms with van der Waals surface area (Å²) >= 11 is 0. The molecule has 2 amide bonds. The summed E-state index contributed by atoms with van der Waals surface area (Å²) < 4.78 is 2.97. The number of rotatable bonds is 4. The molecule has 1 aliphatic carbocycles. The topological polar surface area (TPSA) is 74.9 Å². The maximum atomic E-state index is 12.8. The molecule has 1 saturated carbocycles. The van der Waals surface area contributed by atoms with E-state index in [1.165, 1.54) is 34.8 Å². The lowest BCUT2D eigenvalue weighted by Gasteiger charge is -2.38. The van der Waals surface area contributed by atoms with Gasteiger partial charge in [0.1, 0.15) is 0 Å². The fourth-order valence-electron chi connectivity index (χ4n) is 4.75. The van der Waals surface area contributed by atoms with Gasteiger partial charge < -0.3 is 10.2 Å². The molecule has 162 valence electrons. The van der Waals surface area contributed by atoms with E-state index in [0.29, 0.717) is 18.2 Å². The van der Waals surface area contributed by atoms with E-state index in [9.17, 15) is 9.59 Å². The number of benzene rings is 1. The first-order valence-electron chi connectivity index (χ1n) is 11.1. The maximum Gasteiger partial charge on any atom is 0.350 e. The molecule has 1 saturated heterocycles. The van der Waals surface area contributed by atoms with Gasteiger partial charge in [0.25, 0.3) is 0 Å². The third kappa shape index (κ3) is 4.20. The summed E-state index contributed by atoms with van der Waals surface area (Å²) in [6.07, 6.45) is 6.98. The van der Waals surface area contributed by atoms with Gasteiger partial charge >= 0.3 is 11.7 Å². The molecule has 8 heteroatoms. The molecule has 0 unspecified atom stereocenters. The fourth-order valence-corrected chi connectivity index (χ4v) is 4.75. The molecular weight excluding hydrogens is 392 g/mol. The molecule has 0 atom stereocenters. The van der Waals surface area contributed by atoms with Crippen LogP contribution in [0.3, 0.4) is 0 Å². The van der Waals surface area contributed by atoms with Crippen molar-refractivity contribution >= 4 is 17.4 Å². The van der Waals surface area contributed by atoms with E-state index in [1.807, 2.05) is 41.3 Å². The summed E-state index contributed by atoms with van der Waals surface area (Å²) in [5, 5.41) is 7.40. The van der Waals surface area contributed by atoms with Crippen molar-refractivity contribution in [2.45, 2.75) is 38.3 Å². The highest BCUT2D eigenvalue weighted by molar-refractivity contribution is 5.89. The Balaban J connectivity index is 1.21. The molecule has 1 N–H and O–H groups in total. The van der Waals surface area contributed by atoms with Crippen molar-refractivity contribution in [2.75, 3.05) is 31.5 Å². The van der Waals surface area contributed by atoms with Crippen LogP contribution < -0.4 is 11.0 Å². The third-order valence-corrected chi connectivity index (χ3v) is 6.44. The summed E-state index contributed by atoms with van der Waals surface area (Å²) in [7, 11) is 0. The van der Waals surface area contributed by atoms with Crippen LogP contribution in [0.2, 0.25) is 0 Å². The second kappa shape index (κ2) is 8.55. The molecule has 2 aliphatic rings. The van der Waals surface area contributed by atoms with Gasteiger partial charge in [0.15, 0.2) is 5.65 Å². The fraction of sp³-hybridized carbons (Fsp3) is 0.435. The first-order chi connectivity index (χ1) is 15.2. The summed E-state index contributed by atoms with van der Waals surface area (Å²) in [6, 6.07) is 13.7. The van der Waals surface area contributed by atoms with Crippen molar-refractivity contribution in [3.05, 3.63) is 64.7 Å². The molecule has 0 radical (unpaired) electrons. The normalized spacial score (nSPS) is 18.0. The smallest absolute Gasteiger partial charge is 0.322 e. The lowest BCUT2D eigenvalue weighted by molar-refractivity contribution is 0.115. The minimum Gasteiger partial charge on any atom is -0.322 e. The van der Waals surface area contributed by atoms with E-state index in [4.69, 9.17) is 0 Å². The van der Waals surface area contributed by atoms with Gasteiger partial charge in [0, 0.05) is 44.1 Å². The van der Waals surface area contributed by atoms with Crippen molar-refractivity contribution in [3.8, 4) is 0 Å². The number of aromatic nitrogens is 3. The van der Waals surface area contributed by atoms with E-state index < -0.39 is 0 Å². The molecular formula is C23H28N6O2. The van der Waals surface area contributed by atoms with Crippen molar-refractivity contribution in [1.82, 2.24) is 24.0 Å². The second-order valence-corrected chi connectivity index (χ2v) is 8.46. The number of carbonyl (C=O) groups excluding carboxylic acids is 1. The summed E-state index contributed by atoms with van der Waals surface area (Å²) in [5.41, 5.74) is 2.09. The van der Waals surface area contributed by atoms with Crippen LogP contribution in [0.4, 0.5) is 10.5 Å². The molecule has 2 fully saturated rings. The molecule has 2 aromatic heterocycles. The third-order valence-electron chi connectivity index (χ3n) is 6.44. The highest BCUT2D eigenvalue weighted by Crippen LogP contribution is 2.24. The van der Waals surface area contributed by atoms with E-state index in [2.05, 4.69) is 15.3 Å². The first-order valence-corrected chi connectivity index (χ1v) is 11.1. The van der Waals surface area contributed by atoms with Crippen molar-refractivity contribution in [3.63, 3.8) is 0 Å². The lowest BCUT2D eigenvalue weighted by Crippen LogP contribution is -2.52. The highest BCUT2D eigenvalue weighted by atomic mass is 16.2. The monoisotopic (exact) mass is 420 g/mol. The van der Waals surface area contributed by atoms with Crippen molar-refractivity contribution in [2.24, 2.45) is 0 Å². The Morgan fingerprint density at radius 2 is 1.84 bits per heavy atom. The zero-order valence-corrected chi connectivity index (χ0v) is 17.6. The number of amides is 2. The standard InChI is InChI=1S/C23H28N6O2/c30-22(27-14-12-26(13-15-27)20-8-1-2-9-20)24-19-7-5-6-18(16-19)17-29-23(31)28-11-4-3-10-21(28)25-29/h3-7,10-11,16,20H,1-2,8-9,12-15,17H2,(H,24,30). The largest absolute Gasteiger partial charge is 0.350 e. The summed E-state index contributed by atoms with van der Waals surface area (Å²) in [6.45, 7) is 3.78. The summed E-state index contributed by atoms with van der Waals surface area (Å²) in [5.74, 6) is 0. The van der Waals surface area contributed by atoms with Crippen LogP contribution in [-0.4, -0.2) is 62.2 Å². The number of hydrogen-bond acceptors (Lipinski definition) is 4. The number of urea groups is 1. The van der Waals surface area contributed by atoms with Gasteiger partial charge in [-0.3, -0.25) is 9.30 Å². The Kier molecular flexibility index (Phi) is 5.46. The van der Waals surface area contributed by atoms with Gasteiger partial charge in [-0.25, -0.2) is 14.3 Å². The maximum absolute atomic E-state index is 12.8. The minimum absolute atomic E-state index is 0.0619. The van der Waals surface area contributed by atoms with Gasteiger partial charge in [-0.05, 0) is 42.7 Å². The number of pyridine rings is 1. The van der Waals surface area contributed by atoms with E-state index in [-0.39, 0.29) is 11.7 Å². The molecule has 1 aromatic carbocycles. The Bertz CT molecular complexity index is 1120. The summed E-state index contributed by atoms with van der Waals surface area (Å²) in [4.78, 5) is 29.7. The zero-order valence-electron chi connectivity index (χ0n) is 17.6. The van der Waals surface area contributed by atoms with Gasteiger partial charge in [-0.1, -0.05) is 31.0 Å². The van der Waals surface area contributed by atoms with Crippen LogP contribution in [0.25, 0.3) is 5.65 Å². The van der Waals surface area contributed by atoms with Crippen LogP contribution >= 0.6 is 0 Å². The minimum atomic E-state index is -0.176. The number of fused-ring (bicyclic) bond motifs is 1. The molecule has 5 rings (SSSR count). The number of nitrogens with zero attached hydrogens (tertiary/aromatic N) is 5. The predicted octanol–water partition coefficient (Wildman–Crippen LogP) is 2.64. The van der Waals surface area contributed by atoms with E-state index in [0.717, 1.165) is 37.4 Å². The van der Waals surface area contributed by atoms with Crippen molar-refractivity contribution in [1.29, 1.82) is 0 Å². The zero-order chi connectivity index (χ0) is 21.2. The SMILES string of the molecule is O=C(Nc1cccc(Cn2nc3ccccn3c2=O)c1)N1CCN(C2CCCC2)CC1. The molecule has 0 spiro atoms. The van der Waals surface area contributed by atoms with E-state index in [1.54, 1.807) is 12.3 Å². The number of hydrogen-bond donors (Lipinski definition) is 1. The number of carbonyl (C=O) groups is 1. The van der Waals surface area contributed by atoms with Gasteiger partial charge in [0.2, 0.25) is 0 Å². The molecule has 3 heterocycles.